The van der Waals surface area contributed by atoms with Crippen molar-refractivity contribution in [2.45, 2.75) is 24.9 Å². The Morgan fingerprint density at radius 2 is 1.90 bits per heavy atom. The summed E-state index contributed by atoms with van der Waals surface area (Å²) in [6.45, 7) is 0. The van der Waals surface area contributed by atoms with E-state index >= 15 is 0 Å². The lowest BCUT2D eigenvalue weighted by atomic mass is 9.75. The molecule has 0 amide bonds. The predicted molar refractivity (Wildman–Crippen MR) is 79.2 cm³/mol. The number of nitrogens with zero attached hydrogens (tertiary/aromatic N) is 1. The van der Waals surface area contributed by atoms with Gasteiger partial charge in [0.15, 0.2) is 11.4 Å². The summed E-state index contributed by atoms with van der Waals surface area (Å²) in [5.74, 6) is 0.0671. The summed E-state index contributed by atoms with van der Waals surface area (Å²) in [6, 6.07) is 13.7. The summed E-state index contributed by atoms with van der Waals surface area (Å²) >= 11 is 0. The number of aliphatic hydroxyl groups is 1. The molecule has 0 saturated carbocycles. The van der Waals surface area contributed by atoms with Crippen LogP contribution in [0, 0.1) is 11.3 Å². The molecule has 21 heavy (non-hydrogen) atoms. The summed E-state index contributed by atoms with van der Waals surface area (Å²) in [4.78, 5) is 12.0. The van der Waals surface area contributed by atoms with Gasteiger partial charge in [0.1, 0.15) is 6.07 Å². The van der Waals surface area contributed by atoms with Crippen molar-refractivity contribution in [1.29, 1.82) is 5.26 Å². The second-order valence-electron chi connectivity index (χ2n) is 5.74. The van der Waals surface area contributed by atoms with Crippen molar-refractivity contribution < 1.29 is 9.90 Å². The summed E-state index contributed by atoms with van der Waals surface area (Å²) in [5.41, 5.74) is 1.57. The Hall–Kier alpha value is -2.44. The molecule has 1 unspecified atom stereocenters. The number of ketones is 1. The summed E-state index contributed by atoms with van der Waals surface area (Å²) in [5, 5.41) is 22.3. The van der Waals surface area contributed by atoms with Crippen LogP contribution < -0.4 is 0 Å². The molecular formula is C18H13NO2. The standard InChI is InChI=1S/C18H13NO2/c19-10-18(21)9-15-13(7-8-16(15)20)14-6-5-11-3-1-2-4-12(11)17(14)18/h1-6,21H,7-9H2. The molecule has 0 aromatic heterocycles. The first-order valence-corrected chi connectivity index (χ1v) is 7.05. The average molecular weight is 275 g/mol. The number of carbonyl (C=O) groups excluding carboxylic acids is 1. The minimum atomic E-state index is -1.62. The van der Waals surface area contributed by atoms with E-state index in [2.05, 4.69) is 0 Å². The molecule has 0 fully saturated rings. The zero-order valence-electron chi connectivity index (χ0n) is 11.4. The van der Waals surface area contributed by atoms with Crippen molar-refractivity contribution in [3.8, 4) is 6.07 Å². The van der Waals surface area contributed by atoms with E-state index in [0.717, 1.165) is 21.9 Å². The largest absolute Gasteiger partial charge is 0.371 e. The van der Waals surface area contributed by atoms with Crippen LogP contribution in [0.5, 0.6) is 0 Å². The van der Waals surface area contributed by atoms with Gasteiger partial charge in [0.05, 0.1) is 0 Å². The number of nitriles is 1. The first-order chi connectivity index (χ1) is 10.1. The summed E-state index contributed by atoms with van der Waals surface area (Å²) in [6.07, 6.45) is 1.30. The van der Waals surface area contributed by atoms with Gasteiger partial charge in [-0.2, -0.15) is 5.26 Å². The van der Waals surface area contributed by atoms with Crippen molar-refractivity contribution in [2.75, 3.05) is 0 Å². The van der Waals surface area contributed by atoms with E-state index in [1.54, 1.807) is 0 Å². The van der Waals surface area contributed by atoms with E-state index in [4.69, 9.17) is 0 Å². The fraction of sp³-hybridized carbons (Fsp3) is 0.222. The number of Topliss-reactive ketones (excluding diaryl/α,β-unsaturated/α-hetero) is 1. The summed E-state index contributed by atoms with van der Waals surface area (Å²) in [7, 11) is 0. The normalized spacial score (nSPS) is 23.9. The third-order valence-electron chi connectivity index (χ3n) is 4.59. The van der Waals surface area contributed by atoms with Crippen LogP contribution in [-0.2, 0) is 10.4 Å². The number of rotatable bonds is 0. The van der Waals surface area contributed by atoms with Crippen LogP contribution in [0.15, 0.2) is 42.0 Å². The highest BCUT2D eigenvalue weighted by Gasteiger charge is 2.43. The van der Waals surface area contributed by atoms with E-state index in [0.29, 0.717) is 24.0 Å². The van der Waals surface area contributed by atoms with Gasteiger partial charge in [-0.1, -0.05) is 36.4 Å². The molecule has 1 atom stereocenters. The molecule has 0 radical (unpaired) electrons. The molecule has 3 heteroatoms. The van der Waals surface area contributed by atoms with E-state index in [-0.39, 0.29) is 12.2 Å². The maximum atomic E-state index is 12.0. The fourth-order valence-electron chi connectivity index (χ4n) is 3.62. The Morgan fingerprint density at radius 1 is 1.10 bits per heavy atom. The second kappa shape index (κ2) is 4.03. The van der Waals surface area contributed by atoms with E-state index < -0.39 is 5.60 Å². The zero-order valence-corrected chi connectivity index (χ0v) is 11.4. The van der Waals surface area contributed by atoms with Crippen LogP contribution in [0.2, 0.25) is 0 Å². The molecule has 0 aliphatic heterocycles. The molecule has 2 aliphatic rings. The van der Waals surface area contributed by atoms with Crippen LogP contribution in [0.25, 0.3) is 16.3 Å². The first-order valence-electron chi connectivity index (χ1n) is 7.05. The van der Waals surface area contributed by atoms with Crippen LogP contribution in [0.4, 0.5) is 0 Å². The Labute approximate surface area is 122 Å². The van der Waals surface area contributed by atoms with Crippen molar-refractivity contribution >= 4 is 22.1 Å². The highest BCUT2D eigenvalue weighted by atomic mass is 16.3. The number of hydrogen-bond donors (Lipinski definition) is 1. The summed E-state index contributed by atoms with van der Waals surface area (Å²) < 4.78 is 0. The maximum absolute atomic E-state index is 12.0. The molecule has 0 heterocycles. The number of benzene rings is 2. The predicted octanol–water partition coefficient (Wildman–Crippen LogP) is 3.07. The van der Waals surface area contributed by atoms with Gasteiger partial charge in [0.25, 0.3) is 0 Å². The van der Waals surface area contributed by atoms with Crippen LogP contribution in [-0.4, -0.2) is 10.9 Å². The minimum absolute atomic E-state index is 0.0671. The van der Waals surface area contributed by atoms with Crippen molar-refractivity contribution in [2.24, 2.45) is 0 Å². The Bertz CT molecular complexity index is 872. The second-order valence-corrected chi connectivity index (χ2v) is 5.74. The lowest BCUT2D eigenvalue weighted by molar-refractivity contribution is -0.115. The number of carbonyl (C=O) groups is 1. The highest BCUT2D eigenvalue weighted by Crippen LogP contribution is 2.48. The van der Waals surface area contributed by atoms with Gasteiger partial charge >= 0.3 is 0 Å². The van der Waals surface area contributed by atoms with Crippen LogP contribution in [0.3, 0.4) is 0 Å². The molecule has 2 aliphatic carbocycles. The Balaban J connectivity index is 2.14. The number of hydrogen-bond acceptors (Lipinski definition) is 3. The molecule has 2 aromatic rings. The molecule has 2 aromatic carbocycles. The van der Waals surface area contributed by atoms with Gasteiger partial charge < -0.3 is 5.11 Å². The molecule has 0 saturated heterocycles. The quantitative estimate of drug-likeness (QED) is 0.752. The molecule has 0 bridgehead atoms. The number of allylic oxidation sites excluding steroid dienone is 1. The third-order valence-corrected chi connectivity index (χ3v) is 4.59. The fourth-order valence-corrected chi connectivity index (χ4v) is 3.62. The van der Waals surface area contributed by atoms with E-state index in [1.165, 1.54) is 0 Å². The van der Waals surface area contributed by atoms with Gasteiger partial charge in [0.2, 0.25) is 0 Å². The van der Waals surface area contributed by atoms with Gasteiger partial charge in [-0.25, -0.2) is 0 Å². The van der Waals surface area contributed by atoms with E-state index in [9.17, 15) is 15.2 Å². The average Bonchev–Trinajstić information content (AvgIpc) is 2.88. The monoisotopic (exact) mass is 275 g/mol. The first kappa shape index (κ1) is 12.3. The van der Waals surface area contributed by atoms with Gasteiger partial charge in [-0.3, -0.25) is 4.79 Å². The molecule has 3 nitrogen and oxygen atoms in total. The Morgan fingerprint density at radius 3 is 2.71 bits per heavy atom. The zero-order chi connectivity index (χ0) is 14.6. The molecule has 1 N–H and O–H groups in total. The van der Waals surface area contributed by atoms with Crippen molar-refractivity contribution in [3.05, 3.63) is 53.1 Å². The topological polar surface area (TPSA) is 61.1 Å². The van der Waals surface area contributed by atoms with Crippen LogP contribution in [0.1, 0.15) is 30.4 Å². The molecular weight excluding hydrogens is 262 g/mol. The number of fused-ring (bicyclic) bond motifs is 4. The smallest absolute Gasteiger partial charge is 0.182 e. The third kappa shape index (κ3) is 1.54. The van der Waals surface area contributed by atoms with Crippen LogP contribution >= 0.6 is 0 Å². The minimum Gasteiger partial charge on any atom is -0.371 e. The van der Waals surface area contributed by atoms with Crippen molar-refractivity contribution in [1.82, 2.24) is 0 Å². The Kier molecular flexibility index (Phi) is 2.36. The molecule has 102 valence electrons. The lowest BCUT2D eigenvalue weighted by Gasteiger charge is -2.30. The highest BCUT2D eigenvalue weighted by molar-refractivity contribution is 6.10. The molecule has 0 spiro atoms. The van der Waals surface area contributed by atoms with Gasteiger partial charge in [-0.15, -0.1) is 0 Å². The maximum Gasteiger partial charge on any atom is 0.182 e. The van der Waals surface area contributed by atoms with Gasteiger partial charge in [0, 0.05) is 24.0 Å². The van der Waals surface area contributed by atoms with Crippen molar-refractivity contribution in [3.63, 3.8) is 0 Å². The lowest BCUT2D eigenvalue weighted by Crippen LogP contribution is -2.30. The SMILES string of the molecule is N#CC1(O)CC2=C(CCC2=O)c2ccc3ccccc3c21. The van der Waals surface area contributed by atoms with Gasteiger partial charge in [-0.05, 0) is 28.3 Å². The van der Waals surface area contributed by atoms with E-state index in [1.807, 2.05) is 42.5 Å². The molecule has 4 rings (SSSR count).